The van der Waals surface area contributed by atoms with Gasteiger partial charge < -0.3 is 9.64 Å². The molecule has 1 amide bonds. The second-order valence-corrected chi connectivity index (χ2v) is 8.48. The summed E-state index contributed by atoms with van der Waals surface area (Å²) in [4.78, 5) is 27.0. The number of morpholine rings is 1. The number of rotatable bonds is 6. The summed E-state index contributed by atoms with van der Waals surface area (Å²) in [5, 5.41) is 0.817. The third kappa shape index (κ3) is 5.99. The fourth-order valence-corrected chi connectivity index (χ4v) is 4.38. The summed E-state index contributed by atoms with van der Waals surface area (Å²) in [6, 6.07) is 11.5. The molecule has 0 spiro atoms. The zero-order chi connectivity index (χ0) is 21.5. The molecule has 1 heterocycles. The SMILES string of the molecule is CC(=O)/C=C/c1ccccc1Sc1ccc(/C=C/C(=O)N2CCOCC2)c(Cl)c1Cl. The molecular weight excluding hydrogens is 441 g/mol. The van der Waals surface area contributed by atoms with Crippen LogP contribution in [0.15, 0.2) is 58.3 Å². The van der Waals surface area contributed by atoms with Crippen LogP contribution in [0.3, 0.4) is 0 Å². The quantitative estimate of drug-likeness (QED) is 0.523. The van der Waals surface area contributed by atoms with Gasteiger partial charge in [0.15, 0.2) is 5.78 Å². The van der Waals surface area contributed by atoms with Gasteiger partial charge in [-0.05, 0) is 42.3 Å². The van der Waals surface area contributed by atoms with Crippen LogP contribution < -0.4 is 0 Å². The molecule has 0 saturated carbocycles. The summed E-state index contributed by atoms with van der Waals surface area (Å²) >= 11 is 14.5. The van der Waals surface area contributed by atoms with Gasteiger partial charge in [0.05, 0.1) is 23.3 Å². The fraction of sp³-hybridized carbons (Fsp3) is 0.217. The molecule has 0 unspecified atom stereocenters. The predicted octanol–water partition coefficient (Wildman–Crippen LogP) is 5.62. The Morgan fingerprint density at radius 2 is 1.63 bits per heavy atom. The summed E-state index contributed by atoms with van der Waals surface area (Å²) in [7, 11) is 0. The predicted molar refractivity (Wildman–Crippen MR) is 123 cm³/mol. The Morgan fingerprint density at radius 1 is 0.933 bits per heavy atom. The Balaban J connectivity index is 1.78. The number of halogens is 2. The highest BCUT2D eigenvalue weighted by atomic mass is 35.5. The highest BCUT2D eigenvalue weighted by molar-refractivity contribution is 7.99. The summed E-state index contributed by atoms with van der Waals surface area (Å²) < 4.78 is 5.27. The third-order valence-electron chi connectivity index (χ3n) is 4.44. The normalized spacial score (nSPS) is 14.6. The van der Waals surface area contributed by atoms with Crippen LogP contribution >= 0.6 is 35.0 Å². The molecule has 0 aromatic heterocycles. The molecule has 1 saturated heterocycles. The van der Waals surface area contributed by atoms with E-state index in [-0.39, 0.29) is 11.7 Å². The molecule has 7 heteroatoms. The van der Waals surface area contributed by atoms with E-state index in [0.29, 0.717) is 41.9 Å². The molecule has 1 aliphatic heterocycles. The van der Waals surface area contributed by atoms with Crippen LogP contribution in [0.2, 0.25) is 10.0 Å². The van der Waals surface area contributed by atoms with Crippen molar-refractivity contribution in [3.63, 3.8) is 0 Å². The van der Waals surface area contributed by atoms with Crippen LogP contribution in [0.1, 0.15) is 18.1 Å². The Hall–Kier alpha value is -2.05. The van der Waals surface area contributed by atoms with Crippen molar-refractivity contribution in [2.75, 3.05) is 26.3 Å². The molecule has 156 valence electrons. The van der Waals surface area contributed by atoms with Crippen molar-refractivity contribution in [3.05, 3.63) is 69.7 Å². The zero-order valence-electron chi connectivity index (χ0n) is 16.4. The number of carbonyl (C=O) groups excluding carboxylic acids is 2. The second-order valence-electron chi connectivity index (χ2n) is 6.64. The Morgan fingerprint density at radius 3 is 2.37 bits per heavy atom. The topological polar surface area (TPSA) is 46.6 Å². The molecule has 0 atom stereocenters. The van der Waals surface area contributed by atoms with Gasteiger partial charge in [-0.25, -0.2) is 0 Å². The smallest absolute Gasteiger partial charge is 0.246 e. The first-order valence-corrected chi connectivity index (χ1v) is 11.0. The second kappa shape index (κ2) is 10.8. The third-order valence-corrected chi connectivity index (χ3v) is 6.60. The maximum absolute atomic E-state index is 12.3. The average molecular weight is 462 g/mol. The summed E-state index contributed by atoms with van der Waals surface area (Å²) in [6.07, 6.45) is 6.52. The lowest BCUT2D eigenvalue weighted by Crippen LogP contribution is -2.39. The molecule has 0 bridgehead atoms. The van der Waals surface area contributed by atoms with E-state index < -0.39 is 0 Å². The van der Waals surface area contributed by atoms with Crippen molar-refractivity contribution in [1.29, 1.82) is 0 Å². The molecule has 30 heavy (non-hydrogen) atoms. The molecule has 0 aliphatic carbocycles. The van der Waals surface area contributed by atoms with Gasteiger partial charge in [0.2, 0.25) is 5.91 Å². The van der Waals surface area contributed by atoms with Gasteiger partial charge in [-0.3, -0.25) is 9.59 Å². The molecule has 2 aromatic carbocycles. The molecule has 0 radical (unpaired) electrons. The number of allylic oxidation sites excluding steroid dienone is 1. The van der Waals surface area contributed by atoms with Crippen LogP contribution in [0.5, 0.6) is 0 Å². The summed E-state index contributed by atoms with van der Waals surface area (Å²) in [5.41, 5.74) is 1.60. The maximum atomic E-state index is 12.3. The number of ketones is 1. The van der Waals surface area contributed by atoms with Crippen molar-refractivity contribution in [2.24, 2.45) is 0 Å². The minimum Gasteiger partial charge on any atom is -0.378 e. The van der Waals surface area contributed by atoms with Gasteiger partial charge in [0.1, 0.15) is 0 Å². The number of nitrogens with zero attached hydrogens (tertiary/aromatic N) is 1. The molecular formula is C23H21Cl2NO3S. The van der Waals surface area contributed by atoms with Crippen LogP contribution in [0, 0.1) is 0 Å². The minimum atomic E-state index is -0.0740. The first-order chi connectivity index (χ1) is 14.5. The number of benzene rings is 2. The van der Waals surface area contributed by atoms with Crippen molar-refractivity contribution < 1.29 is 14.3 Å². The first kappa shape index (κ1) is 22.6. The van der Waals surface area contributed by atoms with Crippen molar-refractivity contribution in [3.8, 4) is 0 Å². The van der Waals surface area contributed by atoms with E-state index >= 15 is 0 Å². The number of ether oxygens (including phenoxy) is 1. The number of carbonyl (C=O) groups is 2. The van der Waals surface area contributed by atoms with Gasteiger partial charge in [0, 0.05) is 29.0 Å². The fourth-order valence-electron chi connectivity index (χ4n) is 2.84. The van der Waals surface area contributed by atoms with Crippen LogP contribution in [0.4, 0.5) is 0 Å². The molecule has 3 rings (SSSR count). The zero-order valence-corrected chi connectivity index (χ0v) is 18.8. The minimum absolute atomic E-state index is 0.0151. The van der Waals surface area contributed by atoms with E-state index in [1.807, 2.05) is 36.4 Å². The van der Waals surface area contributed by atoms with Crippen molar-refractivity contribution in [1.82, 2.24) is 4.90 Å². The average Bonchev–Trinajstić information content (AvgIpc) is 2.76. The van der Waals surface area contributed by atoms with E-state index in [1.54, 1.807) is 17.1 Å². The van der Waals surface area contributed by atoms with Gasteiger partial charge in [-0.1, -0.05) is 65.3 Å². The highest BCUT2D eigenvalue weighted by Crippen LogP contribution is 2.40. The lowest BCUT2D eigenvalue weighted by atomic mass is 10.2. The molecule has 2 aromatic rings. The number of amides is 1. The Kier molecular flexibility index (Phi) is 8.16. The Bertz CT molecular complexity index is 998. The number of hydrogen-bond donors (Lipinski definition) is 0. The first-order valence-electron chi connectivity index (χ1n) is 9.44. The molecule has 1 fully saturated rings. The standard InChI is InChI=1S/C23H21Cl2NO3S/c1-16(27)6-7-17-4-2-3-5-19(17)30-20-10-8-18(22(24)23(20)25)9-11-21(28)26-12-14-29-15-13-26/h2-11H,12-15H2,1H3/b7-6+,11-9+. The van der Waals surface area contributed by atoms with E-state index in [4.69, 9.17) is 27.9 Å². The van der Waals surface area contributed by atoms with Crippen LogP contribution in [-0.2, 0) is 14.3 Å². The van der Waals surface area contributed by atoms with Crippen molar-refractivity contribution in [2.45, 2.75) is 16.7 Å². The van der Waals surface area contributed by atoms with Gasteiger partial charge in [-0.15, -0.1) is 0 Å². The van der Waals surface area contributed by atoms with Crippen LogP contribution in [-0.4, -0.2) is 42.9 Å². The molecule has 4 nitrogen and oxygen atoms in total. The van der Waals surface area contributed by atoms with E-state index in [9.17, 15) is 9.59 Å². The highest BCUT2D eigenvalue weighted by Gasteiger charge is 2.15. The van der Waals surface area contributed by atoms with Gasteiger partial charge in [-0.2, -0.15) is 0 Å². The largest absolute Gasteiger partial charge is 0.378 e. The van der Waals surface area contributed by atoms with Crippen LogP contribution in [0.25, 0.3) is 12.2 Å². The Labute approximate surface area is 190 Å². The summed E-state index contributed by atoms with van der Waals surface area (Å²) in [6.45, 7) is 3.80. The molecule has 1 aliphatic rings. The van der Waals surface area contributed by atoms with Gasteiger partial charge >= 0.3 is 0 Å². The number of hydrogen-bond acceptors (Lipinski definition) is 4. The molecule has 0 N–H and O–H groups in total. The lowest BCUT2D eigenvalue weighted by Gasteiger charge is -2.25. The van der Waals surface area contributed by atoms with E-state index in [2.05, 4.69) is 0 Å². The van der Waals surface area contributed by atoms with Gasteiger partial charge in [0.25, 0.3) is 0 Å². The van der Waals surface area contributed by atoms with E-state index in [0.717, 1.165) is 15.4 Å². The maximum Gasteiger partial charge on any atom is 0.246 e. The monoisotopic (exact) mass is 461 g/mol. The summed E-state index contributed by atoms with van der Waals surface area (Å²) in [5.74, 6) is -0.0891. The lowest BCUT2D eigenvalue weighted by molar-refractivity contribution is -0.129. The van der Waals surface area contributed by atoms with Crippen molar-refractivity contribution >= 4 is 58.8 Å². The van der Waals surface area contributed by atoms with E-state index in [1.165, 1.54) is 30.8 Å².